The van der Waals surface area contributed by atoms with Gasteiger partial charge in [0.05, 0.1) is 16.2 Å². The summed E-state index contributed by atoms with van der Waals surface area (Å²) in [6.07, 6.45) is 0. The highest BCUT2D eigenvalue weighted by atomic mass is 32.1. The Morgan fingerprint density at radius 1 is 1.35 bits per heavy atom. The predicted octanol–water partition coefficient (Wildman–Crippen LogP) is 1.49. The van der Waals surface area contributed by atoms with Gasteiger partial charge in [-0.05, 0) is 27.7 Å². The van der Waals surface area contributed by atoms with Crippen molar-refractivity contribution in [1.82, 2.24) is 4.57 Å². The third-order valence-electron chi connectivity index (χ3n) is 2.82. The fourth-order valence-electron chi connectivity index (χ4n) is 2.42. The molecule has 94 valence electrons. The van der Waals surface area contributed by atoms with Gasteiger partial charge in [-0.15, -0.1) is 0 Å². The summed E-state index contributed by atoms with van der Waals surface area (Å²) < 4.78 is 7.18. The van der Waals surface area contributed by atoms with Gasteiger partial charge in [-0.3, -0.25) is 14.2 Å². The van der Waals surface area contributed by atoms with Crippen molar-refractivity contribution in [1.29, 1.82) is 0 Å². The van der Waals surface area contributed by atoms with Gasteiger partial charge < -0.3 is 9.84 Å². The maximum Gasteiger partial charge on any atom is 0.323 e. The Labute approximate surface area is 103 Å². The third kappa shape index (κ3) is 1.81. The molecule has 0 bridgehead atoms. The van der Waals surface area contributed by atoms with Gasteiger partial charge >= 0.3 is 10.8 Å². The van der Waals surface area contributed by atoms with Crippen molar-refractivity contribution in [2.24, 2.45) is 0 Å². The Kier molecular flexibility index (Phi) is 2.48. The topological polar surface area (TPSA) is 68.5 Å². The molecule has 1 aromatic heterocycles. The molecule has 0 radical (unpaired) electrons. The summed E-state index contributed by atoms with van der Waals surface area (Å²) in [6.45, 7) is 7.17. The lowest BCUT2D eigenvalue weighted by Gasteiger charge is -2.25. The van der Waals surface area contributed by atoms with E-state index in [2.05, 4.69) is 0 Å². The number of carboxylic acid groups (broad SMARTS) is 1. The third-order valence-corrected chi connectivity index (χ3v) is 4.10. The molecule has 2 rings (SSSR count). The number of aliphatic carboxylic acids is 1. The molecule has 1 aliphatic rings. The molecule has 0 unspecified atom stereocenters. The zero-order chi connectivity index (χ0) is 13.0. The van der Waals surface area contributed by atoms with Crippen molar-refractivity contribution in [3.05, 3.63) is 20.2 Å². The number of aromatic nitrogens is 1. The monoisotopic (exact) mass is 257 g/mol. The number of rotatable bonds is 2. The summed E-state index contributed by atoms with van der Waals surface area (Å²) in [6, 6.07) is 0. The second-order valence-corrected chi connectivity index (χ2v) is 6.11. The van der Waals surface area contributed by atoms with Gasteiger partial charge in [-0.2, -0.15) is 0 Å². The van der Waals surface area contributed by atoms with Crippen LogP contribution in [-0.4, -0.2) is 15.6 Å². The first kappa shape index (κ1) is 12.3. The molecule has 0 fully saturated rings. The van der Waals surface area contributed by atoms with Crippen molar-refractivity contribution in [2.45, 2.75) is 45.4 Å². The SMILES string of the molecule is CC1(C)OC(C)(C)c2c1sc(=O)n2CC(=O)O. The quantitative estimate of drug-likeness (QED) is 0.871. The molecule has 0 aliphatic carbocycles. The highest BCUT2D eigenvalue weighted by molar-refractivity contribution is 7.09. The van der Waals surface area contributed by atoms with Gasteiger partial charge in [0.1, 0.15) is 12.1 Å². The Balaban J connectivity index is 2.67. The van der Waals surface area contributed by atoms with Crippen LogP contribution in [0.1, 0.15) is 38.3 Å². The maximum absolute atomic E-state index is 11.8. The van der Waals surface area contributed by atoms with E-state index >= 15 is 0 Å². The van der Waals surface area contributed by atoms with Gasteiger partial charge in [-0.1, -0.05) is 11.3 Å². The predicted molar refractivity (Wildman–Crippen MR) is 63.4 cm³/mol. The van der Waals surface area contributed by atoms with E-state index in [9.17, 15) is 9.59 Å². The molecule has 6 heteroatoms. The highest BCUT2D eigenvalue weighted by Gasteiger charge is 2.47. The lowest BCUT2D eigenvalue weighted by Crippen LogP contribution is -2.29. The summed E-state index contributed by atoms with van der Waals surface area (Å²) in [5, 5.41) is 8.85. The fraction of sp³-hybridized carbons (Fsp3) is 0.636. The number of hydrogen-bond acceptors (Lipinski definition) is 4. The summed E-state index contributed by atoms with van der Waals surface area (Å²) >= 11 is 1.07. The highest BCUT2D eigenvalue weighted by Crippen LogP contribution is 2.47. The molecule has 0 amide bonds. The standard InChI is InChI=1S/C11H15NO4S/c1-10(2)7-8(11(3,4)16-10)17-9(15)12(7)5-6(13)14/h5H2,1-4H3,(H,13,14). The average molecular weight is 257 g/mol. The van der Waals surface area contributed by atoms with Gasteiger partial charge in [0.25, 0.3) is 0 Å². The van der Waals surface area contributed by atoms with Gasteiger partial charge in [0.2, 0.25) is 0 Å². The van der Waals surface area contributed by atoms with Crippen LogP contribution in [0.25, 0.3) is 0 Å². The van der Waals surface area contributed by atoms with Crippen LogP contribution < -0.4 is 4.87 Å². The molecule has 0 aromatic carbocycles. The Morgan fingerprint density at radius 2 is 1.94 bits per heavy atom. The van der Waals surface area contributed by atoms with Crippen molar-refractivity contribution in [2.75, 3.05) is 0 Å². The summed E-state index contributed by atoms with van der Waals surface area (Å²) in [5.74, 6) is -1.02. The minimum atomic E-state index is -1.02. The largest absolute Gasteiger partial charge is 0.480 e. The normalized spacial score (nSPS) is 20.2. The van der Waals surface area contributed by atoms with Gasteiger partial charge in [-0.25, -0.2) is 0 Å². The Bertz CT molecular complexity index is 538. The Hall–Kier alpha value is -1.14. The van der Waals surface area contributed by atoms with Crippen LogP contribution in [0.2, 0.25) is 0 Å². The molecule has 1 aliphatic heterocycles. The van der Waals surface area contributed by atoms with E-state index in [1.54, 1.807) is 0 Å². The molecular weight excluding hydrogens is 242 g/mol. The smallest absolute Gasteiger partial charge is 0.323 e. The van der Waals surface area contributed by atoms with E-state index in [0.29, 0.717) is 5.69 Å². The number of carbonyl (C=O) groups is 1. The molecule has 0 atom stereocenters. The number of nitrogens with zero attached hydrogens (tertiary/aromatic N) is 1. The molecule has 0 saturated heterocycles. The van der Waals surface area contributed by atoms with E-state index < -0.39 is 17.2 Å². The van der Waals surface area contributed by atoms with E-state index in [-0.39, 0.29) is 11.4 Å². The van der Waals surface area contributed by atoms with Crippen LogP contribution in [0, 0.1) is 0 Å². The van der Waals surface area contributed by atoms with Crippen molar-refractivity contribution in [3.63, 3.8) is 0 Å². The number of thiazole rings is 1. The first-order valence-electron chi connectivity index (χ1n) is 5.32. The summed E-state index contributed by atoms with van der Waals surface area (Å²) in [7, 11) is 0. The molecule has 17 heavy (non-hydrogen) atoms. The van der Waals surface area contributed by atoms with E-state index in [4.69, 9.17) is 9.84 Å². The maximum atomic E-state index is 11.8. The van der Waals surface area contributed by atoms with Crippen LogP contribution in [0.4, 0.5) is 0 Å². The first-order chi connectivity index (χ1) is 7.65. The van der Waals surface area contributed by atoms with Gasteiger partial charge in [0, 0.05) is 0 Å². The molecule has 1 N–H and O–H groups in total. The molecule has 5 nitrogen and oxygen atoms in total. The van der Waals surface area contributed by atoms with Crippen LogP contribution in [0.3, 0.4) is 0 Å². The first-order valence-corrected chi connectivity index (χ1v) is 6.13. The van der Waals surface area contributed by atoms with E-state index in [1.807, 2.05) is 27.7 Å². The fourth-order valence-corrected chi connectivity index (χ4v) is 3.60. The molecule has 2 heterocycles. The number of ether oxygens (including phenoxy) is 1. The van der Waals surface area contributed by atoms with Crippen molar-refractivity contribution in [3.8, 4) is 0 Å². The van der Waals surface area contributed by atoms with Crippen molar-refractivity contribution < 1.29 is 14.6 Å². The van der Waals surface area contributed by atoms with E-state index in [0.717, 1.165) is 16.2 Å². The zero-order valence-electron chi connectivity index (χ0n) is 10.2. The van der Waals surface area contributed by atoms with Crippen LogP contribution in [0.5, 0.6) is 0 Å². The molecule has 0 saturated carbocycles. The lowest BCUT2D eigenvalue weighted by molar-refractivity contribution is -0.138. The van der Waals surface area contributed by atoms with Gasteiger partial charge in [0.15, 0.2) is 0 Å². The second kappa shape index (κ2) is 3.43. The van der Waals surface area contributed by atoms with Crippen molar-refractivity contribution >= 4 is 17.3 Å². The minimum absolute atomic E-state index is 0.234. The molecule has 0 spiro atoms. The summed E-state index contributed by atoms with van der Waals surface area (Å²) in [5.41, 5.74) is -0.472. The number of hydrogen-bond donors (Lipinski definition) is 1. The van der Waals surface area contributed by atoms with Crippen LogP contribution >= 0.6 is 11.3 Å². The summed E-state index contributed by atoms with van der Waals surface area (Å²) in [4.78, 5) is 23.2. The van der Waals surface area contributed by atoms with Crippen LogP contribution in [0.15, 0.2) is 4.79 Å². The Morgan fingerprint density at radius 3 is 2.47 bits per heavy atom. The van der Waals surface area contributed by atoms with E-state index in [1.165, 1.54) is 4.57 Å². The molecular formula is C11H15NO4S. The van der Waals surface area contributed by atoms with Crippen LogP contribution in [-0.2, 0) is 27.3 Å². The zero-order valence-corrected chi connectivity index (χ0v) is 11.1. The number of fused-ring (bicyclic) bond motifs is 1. The second-order valence-electron chi connectivity index (χ2n) is 5.15. The lowest BCUT2D eigenvalue weighted by atomic mass is 10.0. The molecule has 1 aromatic rings. The average Bonchev–Trinajstić information content (AvgIpc) is 2.49. The number of carboxylic acids is 1. The minimum Gasteiger partial charge on any atom is -0.480 e.